The number of fused-ring (bicyclic) bond motifs is 1. The number of nitrogens with one attached hydrogen (secondary N) is 3. The average Bonchev–Trinajstić information content (AvgIpc) is 2.97. The van der Waals surface area contributed by atoms with Crippen molar-refractivity contribution < 1.29 is 9.50 Å². The van der Waals surface area contributed by atoms with Gasteiger partial charge in [-0.2, -0.15) is 4.98 Å². The Morgan fingerprint density at radius 3 is 2.85 bits per heavy atom. The van der Waals surface area contributed by atoms with Crippen LogP contribution in [-0.2, 0) is 6.54 Å². The quantitative estimate of drug-likeness (QED) is 0.571. The van der Waals surface area contributed by atoms with E-state index in [0.717, 1.165) is 29.7 Å². The van der Waals surface area contributed by atoms with Gasteiger partial charge in [0.15, 0.2) is 11.6 Å². The summed E-state index contributed by atoms with van der Waals surface area (Å²) >= 11 is 0. The highest BCUT2D eigenvalue weighted by molar-refractivity contribution is 5.65. The molecule has 0 saturated heterocycles. The van der Waals surface area contributed by atoms with Gasteiger partial charge in [0.1, 0.15) is 5.75 Å². The Morgan fingerprint density at radius 2 is 2.00 bits per heavy atom. The number of hydrogen-bond donors (Lipinski definition) is 4. The minimum atomic E-state index is -0.585. The van der Waals surface area contributed by atoms with Crippen LogP contribution in [0.15, 0.2) is 48.7 Å². The van der Waals surface area contributed by atoms with Crippen molar-refractivity contribution in [1.82, 2.24) is 15.0 Å². The maximum Gasteiger partial charge on any atom is 0.229 e. The van der Waals surface area contributed by atoms with E-state index in [1.807, 2.05) is 30.3 Å². The van der Waals surface area contributed by atoms with E-state index in [1.165, 1.54) is 12.1 Å². The van der Waals surface area contributed by atoms with Crippen LogP contribution >= 0.6 is 0 Å². The summed E-state index contributed by atoms with van der Waals surface area (Å²) in [5.74, 6) is -0.206. The van der Waals surface area contributed by atoms with Crippen LogP contribution in [0, 0.1) is 5.82 Å². The largest absolute Gasteiger partial charge is 0.508 e. The first kappa shape index (κ1) is 16.1. The smallest absolute Gasteiger partial charge is 0.229 e. The Bertz CT molecular complexity index is 964. The van der Waals surface area contributed by atoms with E-state index >= 15 is 0 Å². The van der Waals surface area contributed by atoms with E-state index in [2.05, 4.69) is 26.0 Å². The first-order chi connectivity index (χ1) is 12.6. The van der Waals surface area contributed by atoms with Gasteiger partial charge in [-0.15, -0.1) is 0 Å². The fraction of sp³-hybridized carbons (Fsp3) is 0.111. The molecule has 1 aromatic heterocycles. The van der Waals surface area contributed by atoms with E-state index in [4.69, 9.17) is 0 Å². The molecule has 26 heavy (non-hydrogen) atoms. The highest BCUT2D eigenvalue weighted by Gasteiger charge is 2.15. The summed E-state index contributed by atoms with van der Waals surface area (Å²) in [6, 6.07) is 12.3. The van der Waals surface area contributed by atoms with Crippen LogP contribution in [-0.4, -0.2) is 27.1 Å². The zero-order valence-electron chi connectivity index (χ0n) is 14.0. The molecule has 0 fully saturated rings. The predicted molar refractivity (Wildman–Crippen MR) is 98.2 cm³/mol. The summed E-state index contributed by atoms with van der Waals surface area (Å²) in [7, 11) is 1.97. The minimum absolute atomic E-state index is 0.0238. The second kappa shape index (κ2) is 6.49. The summed E-state index contributed by atoms with van der Waals surface area (Å²) in [6.07, 6.45) is 1.10. The Morgan fingerprint density at radius 1 is 1.15 bits per heavy atom. The predicted octanol–water partition coefficient (Wildman–Crippen LogP) is 3.58. The van der Waals surface area contributed by atoms with Crippen LogP contribution in [0.1, 0.15) is 5.56 Å². The topological polar surface area (TPSA) is 85.3 Å². The molecule has 0 spiro atoms. The summed E-state index contributed by atoms with van der Waals surface area (Å²) in [5.41, 5.74) is 6.78. The molecule has 0 atom stereocenters. The number of nitrogens with zero attached hydrogens (tertiary/aromatic N) is 3. The van der Waals surface area contributed by atoms with Crippen molar-refractivity contribution in [2.24, 2.45) is 0 Å². The molecule has 0 amide bonds. The number of phenols is 1. The Labute approximate surface area is 149 Å². The van der Waals surface area contributed by atoms with Crippen molar-refractivity contribution in [2.45, 2.75) is 6.54 Å². The molecule has 132 valence electrons. The zero-order valence-corrected chi connectivity index (χ0v) is 14.0. The van der Waals surface area contributed by atoms with E-state index in [0.29, 0.717) is 5.69 Å². The molecule has 1 aliphatic heterocycles. The standard InChI is InChI=1S/C18H17FN6O/c1-25-10-11-7-13(5-6-16(11)24-25)22-18-20-9-15(19)17(23-18)21-12-3-2-4-14(26)8-12/h2-9,24,26H,10H2,1H3,(H2,20,21,22,23). The Kier molecular flexibility index (Phi) is 4.02. The van der Waals surface area contributed by atoms with Gasteiger partial charge in [0.2, 0.25) is 5.95 Å². The molecule has 8 heteroatoms. The van der Waals surface area contributed by atoms with Crippen LogP contribution in [0.25, 0.3) is 0 Å². The zero-order chi connectivity index (χ0) is 18.1. The number of aromatic hydroxyl groups is 1. The van der Waals surface area contributed by atoms with Crippen molar-refractivity contribution >= 4 is 28.8 Å². The molecular weight excluding hydrogens is 335 g/mol. The van der Waals surface area contributed by atoms with E-state index < -0.39 is 5.82 Å². The second-order valence-electron chi connectivity index (χ2n) is 6.03. The van der Waals surface area contributed by atoms with Crippen molar-refractivity contribution in [3.8, 4) is 5.75 Å². The van der Waals surface area contributed by atoms with Gasteiger partial charge < -0.3 is 21.2 Å². The fourth-order valence-electron chi connectivity index (χ4n) is 2.78. The van der Waals surface area contributed by atoms with Crippen LogP contribution in [0.2, 0.25) is 0 Å². The monoisotopic (exact) mass is 352 g/mol. The van der Waals surface area contributed by atoms with Crippen molar-refractivity contribution in [3.05, 3.63) is 60.0 Å². The third-order valence-corrected chi connectivity index (χ3v) is 3.93. The first-order valence-corrected chi connectivity index (χ1v) is 8.03. The number of anilines is 5. The SMILES string of the molecule is CN1Cc2cc(Nc3ncc(F)c(Nc4cccc(O)c4)n3)ccc2N1. The molecule has 1 aliphatic rings. The third-order valence-electron chi connectivity index (χ3n) is 3.93. The maximum absolute atomic E-state index is 14.0. The maximum atomic E-state index is 14.0. The van der Waals surface area contributed by atoms with Gasteiger partial charge in [-0.05, 0) is 35.9 Å². The number of rotatable bonds is 4. The molecule has 0 saturated carbocycles. The fourth-order valence-corrected chi connectivity index (χ4v) is 2.78. The Hall–Kier alpha value is -3.39. The highest BCUT2D eigenvalue weighted by atomic mass is 19.1. The number of benzene rings is 2. The molecule has 7 nitrogen and oxygen atoms in total. The number of halogens is 1. The van der Waals surface area contributed by atoms with E-state index in [-0.39, 0.29) is 17.5 Å². The third kappa shape index (κ3) is 3.35. The summed E-state index contributed by atoms with van der Waals surface area (Å²) in [6.45, 7) is 0.791. The minimum Gasteiger partial charge on any atom is -0.508 e. The highest BCUT2D eigenvalue weighted by Crippen LogP contribution is 2.28. The summed E-state index contributed by atoms with van der Waals surface area (Å²) in [5, 5.41) is 17.4. The average molecular weight is 352 g/mol. The van der Waals surface area contributed by atoms with Gasteiger partial charge in [-0.3, -0.25) is 0 Å². The van der Waals surface area contributed by atoms with Crippen LogP contribution in [0.5, 0.6) is 5.75 Å². The molecule has 2 heterocycles. The van der Waals surface area contributed by atoms with Gasteiger partial charge in [0.05, 0.1) is 11.9 Å². The van der Waals surface area contributed by atoms with E-state index in [1.54, 1.807) is 12.1 Å². The van der Waals surface area contributed by atoms with Crippen LogP contribution in [0.4, 0.5) is 33.2 Å². The molecule has 3 aromatic rings. The lowest BCUT2D eigenvalue weighted by Crippen LogP contribution is -2.16. The molecule has 2 aromatic carbocycles. The molecule has 0 bridgehead atoms. The van der Waals surface area contributed by atoms with Crippen LogP contribution < -0.4 is 16.1 Å². The van der Waals surface area contributed by atoms with Crippen molar-refractivity contribution in [2.75, 3.05) is 23.1 Å². The second-order valence-corrected chi connectivity index (χ2v) is 6.03. The van der Waals surface area contributed by atoms with Gasteiger partial charge in [0.25, 0.3) is 0 Å². The molecule has 4 rings (SSSR count). The lowest BCUT2D eigenvalue weighted by atomic mass is 10.2. The van der Waals surface area contributed by atoms with Crippen molar-refractivity contribution in [1.29, 1.82) is 0 Å². The Balaban J connectivity index is 1.55. The van der Waals surface area contributed by atoms with Gasteiger partial charge in [-0.1, -0.05) is 6.07 Å². The van der Waals surface area contributed by atoms with Gasteiger partial charge in [-0.25, -0.2) is 14.4 Å². The van der Waals surface area contributed by atoms with Gasteiger partial charge >= 0.3 is 0 Å². The molecule has 0 aliphatic carbocycles. The first-order valence-electron chi connectivity index (χ1n) is 8.03. The summed E-state index contributed by atoms with van der Waals surface area (Å²) < 4.78 is 14.0. The lowest BCUT2D eigenvalue weighted by Gasteiger charge is -2.10. The number of hydrogen-bond acceptors (Lipinski definition) is 7. The molecular formula is C18H17FN6O. The van der Waals surface area contributed by atoms with Crippen LogP contribution in [0.3, 0.4) is 0 Å². The number of phenolic OH excluding ortho intramolecular Hbond substituents is 1. The normalized spacial score (nSPS) is 13.2. The van der Waals surface area contributed by atoms with E-state index in [9.17, 15) is 9.50 Å². The van der Waals surface area contributed by atoms with Gasteiger partial charge in [0, 0.05) is 31.0 Å². The number of aromatic nitrogens is 2. The number of hydrazine groups is 1. The molecule has 0 unspecified atom stereocenters. The van der Waals surface area contributed by atoms with Crippen molar-refractivity contribution in [3.63, 3.8) is 0 Å². The lowest BCUT2D eigenvalue weighted by molar-refractivity contribution is 0.422. The molecule has 4 N–H and O–H groups in total. The summed E-state index contributed by atoms with van der Waals surface area (Å²) in [4.78, 5) is 8.17. The molecule has 0 radical (unpaired) electrons.